The van der Waals surface area contributed by atoms with Gasteiger partial charge in [-0.15, -0.1) is 0 Å². The zero-order valence-corrected chi connectivity index (χ0v) is 11.6. The van der Waals surface area contributed by atoms with Gasteiger partial charge in [0, 0.05) is 11.6 Å². The van der Waals surface area contributed by atoms with Gasteiger partial charge in [-0.1, -0.05) is 12.1 Å². The van der Waals surface area contributed by atoms with Crippen molar-refractivity contribution in [2.75, 3.05) is 7.11 Å². The molecule has 0 spiro atoms. The molecule has 2 aromatic carbocycles. The zero-order valence-electron chi connectivity index (χ0n) is 11.6. The van der Waals surface area contributed by atoms with Gasteiger partial charge in [0.25, 0.3) is 0 Å². The Labute approximate surface area is 118 Å². The average molecular weight is 275 g/mol. The first-order valence-corrected chi connectivity index (χ1v) is 6.41. The Bertz CT molecular complexity index is 584. The highest BCUT2D eigenvalue weighted by Gasteiger charge is 2.10. The van der Waals surface area contributed by atoms with Gasteiger partial charge in [0.1, 0.15) is 23.9 Å². The van der Waals surface area contributed by atoms with Gasteiger partial charge >= 0.3 is 0 Å². The maximum atomic E-state index is 13.2. The Hall–Kier alpha value is -2.07. The highest BCUT2D eigenvalue weighted by molar-refractivity contribution is 5.36. The first kappa shape index (κ1) is 14.3. The van der Waals surface area contributed by atoms with E-state index < -0.39 is 0 Å². The lowest BCUT2D eigenvalue weighted by Crippen LogP contribution is -2.08. The van der Waals surface area contributed by atoms with Crippen molar-refractivity contribution in [2.24, 2.45) is 5.73 Å². The van der Waals surface area contributed by atoms with Crippen LogP contribution >= 0.6 is 0 Å². The van der Waals surface area contributed by atoms with E-state index >= 15 is 0 Å². The summed E-state index contributed by atoms with van der Waals surface area (Å²) in [6, 6.07) is 11.7. The minimum absolute atomic E-state index is 0.286. The maximum Gasteiger partial charge on any atom is 0.124 e. The average Bonchev–Trinajstić information content (AvgIpc) is 2.46. The summed E-state index contributed by atoms with van der Waals surface area (Å²) in [7, 11) is 1.62. The number of halogens is 1. The molecule has 0 bridgehead atoms. The number of hydrogen-bond donors (Lipinski definition) is 1. The molecule has 20 heavy (non-hydrogen) atoms. The highest BCUT2D eigenvalue weighted by atomic mass is 19.1. The summed E-state index contributed by atoms with van der Waals surface area (Å²) in [6.45, 7) is 2.18. The van der Waals surface area contributed by atoms with E-state index in [1.165, 1.54) is 12.1 Å². The SMILES string of the molecule is COc1cccc(COc2ccc(F)cc2C(C)N)c1. The molecule has 0 aliphatic rings. The number of methoxy groups -OCH3 is 1. The first-order chi connectivity index (χ1) is 9.60. The number of rotatable bonds is 5. The van der Waals surface area contributed by atoms with Crippen LogP contribution in [0.3, 0.4) is 0 Å². The summed E-state index contributed by atoms with van der Waals surface area (Å²) in [5, 5.41) is 0. The topological polar surface area (TPSA) is 44.5 Å². The maximum absolute atomic E-state index is 13.2. The molecule has 0 aromatic heterocycles. The van der Waals surface area contributed by atoms with Crippen LogP contribution in [0.2, 0.25) is 0 Å². The molecule has 2 aromatic rings. The van der Waals surface area contributed by atoms with Crippen LogP contribution in [0.5, 0.6) is 11.5 Å². The van der Waals surface area contributed by atoms with E-state index in [9.17, 15) is 4.39 Å². The molecule has 0 aliphatic carbocycles. The fraction of sp³-hybridized carbons (Fsp3) is 0.250. The van der Waals surface area contributed by atoms with Gasteiger partial charge < -0.3 is 15.2 Å². The third-order valence-corrected chi connectivity index (χ3v) is 2.99. The van der Waals surface area contributed by atoms with E-state index in [1.54, 1.807) is 20.1 Å². The molecule has 4 heteroatoms. The van der Waals surface area contributed by atoms with Crippen molar-refractivity contribution in [3.63, 3.8) is 0 Å². The van der Waals surface area contributed by atoms with E-state index in [4.69, 9.17) is 15.2 Å². The Morgan fingerprint density at radius 2 is 2.00 bits per heavy atom. The molecule has 0 aliphatic heterocycles. The standard InChI is InChI=1S/C16H18FNO2/c1-11(18)15-9-13(17)6-7-16(15)20-10-12-4-3-5-14(8-12)19-2/h3-9,11H,10,18H2,1-2H3. The van der Waals surface area contributed by atoms with Gasteiger partial charge in [-0.05, 0) is 42.8 Å². The molecule has 0 radical (unpaired) electrons. The molecule has 1 atom stereocenters. The summed E-state index contributed by atoms with van der Waals surface area (Å²) in [5.41, 5.74) is 7.47. The second kappa shape index (κ2) is 6.39. The molecule has 2 N–H and O–H groups in total. The number of hydrogen-bond acceptors (Lipinski definition) is 3. The summed E-state index contributed by atoms with van der Waals surface area (Å²) in [4.78, 5) is 0. The minimum atomic E-state index is -0.314. The van der Waals surface area contributed by atoms with Crippen LogP contribution < -0.4 is 15.2 Å². The van der Waals surface area contributed by atoms with Crippen molar-refractivity contribution in [2.45, 2.75) is 19.6 Å². The number of nitrogens with two attached hydrogens (primary N) is 1. The quantitative estimate of drug-likeness (QED) is 0.909. The van der Waals surface area contributed by atoms with Crippen LogP contribution in [0, 0.1) is 5.82 Å². The Balaban J connectivity index is 2.14. The van der Waals surface area contributed by atoms with E-state index in [0.29, 0.717) is 17.9 Å². The molecular formula is C16H18FNO2. The van der Waals surface area contributed by atoms with Gasteiger partial charge in [-0.2, -0.15) is 0 Å². The molecule has 3 nitrogen and oxygen atoms in total. The summed E-state index contributed by atoms with van der Waals surface area (Å²) in [6.07, 6.45) is 0. The first-order valence-electron chi connectivity index (χ1n) is 6.41. The molecular weight excluding hydrogens is 257 g/mol. The zero-order chi connectivity index (χ0) is 14.5. The van der Waals surface area contributed by atoms with Gasteiger partial charge in [0.05, 0.1) is 7.11 Å². The molecule has 1 unspecified atom stereocenters. The van der Waals surface area contributed by atoms with Crippen molar-refractivity contribution in [3.8, 4) is 11.5 Å². The molecule has 106 valence electrons. The lowest BCUT2D eigenvalue weighted by Gasteiger charge is -2.14. The largest absolute Gasteiger partial charge is 0.497 e. The highest BCUT2D eigenvalue weighted by Crippen LogP contribution is 2.26. The number of ether oxygens (including phenoxy) is 2. The van der Waals surface area contributed by atoms with Crippen LogP contribution in [0.4, 0.5) is 4.39 Å². The fourth-order valence-electron chi connectivity index (χ4n) is 1.93. The van der Waals surface area contributed by atoms with Gasteiger partial charge in [-0.25, -0.2) is 4.39 Å². The molecule has 0 saturated heterocycles. The normalized spacial score (nSPS) is 12.0. The van der Waals surface area contributed by atoms with Crippen LogP contribution in [0.15, 0.2) is 42.5 Å². The van der Waals surface area contributed by atoms with Crippen molar-refractivity contribution in [1.82, 2.24) is 0 Å². The van der Waals surface area contributed by atoms with E-state index in [0.717, 1.165) is 11.3 Å². The van der Waals surface area contributed by atoms with Crippen LogP contribution in [-0.2, 0) is 6.61 Å². The summed E-state index contributed by atoms with van der Waals surface area (Å²) in [5.74, 6) is 1.06. The minimum Gasteiger partial charge on any atom is -0.497 e. The lowest BCUT2D eigenvalue weighted by atomic mass is 10.1. The van der Waals surface area contributed by atoms with Gasteiger partial charge in [0.15, 0.2) is 0 Å². The lowest BCUT2D eigenvalue weighted by molar-refractivity contribution is 0.300. The van der Waals surface area contributed by atoms with Crippen molar-refractivity contribution < 1.29 is 13.9 Å². The Kier molecular flexibility index (Phi) is 4.58. The molecule has 0 amide bonds. The molecule has 0 heterocycles. The van der Waals surface area contributed by atoms with E-state index in [-0.39, 0.29) is 11.9 Å². The third-order valence-electron chi connectivity index (χ3n) is 2.99. The molecule has 0 saturated carbocycles. The van der Waals surface area contributed by atoms with E-state index in [2.05, 4.69) is 0 Å². The van der Waals surface area contributed by atoms with Crippen molar-refractivity contribution >= 4 is 0 Å². The monoisotopic (exact) mass is 275 g/mol. The Morgan fingerprint density at radius 3 is 2.70 bits per heavy atom. The second-order valence-electron chi connectivity index (χ2n) is 4.61. The molecule has 0 fully saturated rings. The van der Waals surface area contributed by atoms with Crippen molar-refractivity contribution in [3.05, 3.63) is 59.4 Å². The van der Waals surface area contributed by atoms with Crippen LogP contribution in [0.25, 0.3) is 0 Å². The van der Waals surface area contributed by atoms with Crippen LogP contribution in [-0.4, -0.2) is 7.11 Å². The second-order valence-corrected chi connectivity index (χ2v) is 4.61. The van der Waals surface area contributed by atoms with E-state index in [1.807, 2.05) is 24.3 Å². The third kappa shape index (κ3) is 3.48. The fourth-order valence-corrected chi connectivity index (χ4v) is 1.93. The molecule has 2 rings (SSSR count). The van der Waals surface area contributed by atoms with Crippen molar-refractivity contribution in [1.29, 1.82) is 0 Å². The number of benzene rings is 2. The predicted octanol–water partition coefficient (Wildman–Crippen LogP) is 3.43. The summed E-state index contributed by atoms with van der Waals surface area (Å²) >= 11 is 0. The Morgan fingerprint density at radius 1 is 1.20 bits per heavy atom. The summed E-state index contributed by atoms with van der Waals surface area (Å²) < 4.78 is 24.1. The van der Waals surface area contributed by atoms with Crippen LogP contribution in [0.1, 0.15) is 24.1 Å². The van der Waals surface area contributed by atoms with Gasteiger partial charge in [-0.3, -0.25) is 0 Å². The van der Waals surface area contributed by atoms with Gasteiger partial charge in [0.2, 0.25) is 0 Å². The smallest absolute Gasteiger partial charge is 0.124 e. The predicted molar refractivity (Wildman–Crippen MR) is 76.3 cm³/mol.